The molecule has 1 unspecified atom stereocenters. The topological polar surface area (TPSA) is 104 Å². The van der Waals surface area contributed by atoms with Crippen LogP contribution in [-0.2, 0) is 18.3 Å². The molecule has 200 valence electrons. The third kappa shape index (κ3) is 4.51. The molecule has 1 saturated carbocycles. The summed E-state index contributed by atoms with van der Waals surface area (Å²) in [6, 6.07) is 12.7. The largest absolute Gasteiger partial charge is 0.378 e. The van der Waals surface area contributed by atoms with Crippen LogP contribution in [0.5, 0.6) is 0 Å². The predicted octanol–water partition coefficient (Wildman–Crippen LogP) is 3.77. The van der Waals surface area contributed by atoms with Crippen molar-refractivity contribution in [1.29, 1.82) is 0 Å². The number of carbonyl (C=O) groups is 1. The maximum atomic E-state index is 12.9. The fourth-order valence-corrected chi connectivity index (χ4v) is 6.48. The standard InChI is InChI=1S/C30H39N7O/c1-19(36(2)3)21-12-14-25-22(16-21)10-11-23-17-24(28(38)37(4)5)13-15-26(23)30(25,29-32-34-35-33-29)18-27(31)20-8-6-7-9-20/h12-17,20,27H,1,6-11,18,31H2,2-5H3,(H,32,33,34,35)/t27-,30?/m0/s1. The highest BCUT2D eigenvalue weighted by Crippen LogP contribution is 2.48. The minimum Gasteiger partial charge on any atom is -0.378 e. The van der Waals surface area contributed by atoms with Crippen LogP contribution in [0.3, 0.4) is 0 Å². The van der Waals surface area contributed by atoms with Crippen molar-refractivity contribution in [2.45, 2.75) is 56.4 Å². The van der Waals surface area contributed by atoms with Crippen LogP contribution >= 0.6 is 0 Å². The molecule has 2 atom stereocenters. The van der Waals surface area contributed by atoms with Crippen molar-refractivity contribution in [3.05, 3.63) is 82.2 Å². The Morgan fingerprint density at radius 2 is 1.63 bits per heavy atom. The Balaban J connectivity index is 1.75. The van der Waals surface area contributed by atoms with Gasteiger partial charge in [0.05, 0.1) is 5.41 Å². The van der Waals surface area contributed by atoms with E-state index in [0.29, 0.717) is 23.7 Å². The number of nitrogens with two attached hydrogens (primary N) is 1. The zero-order valence-corrected chi connectivity index (χ0v) is 23.0. The number of aryl methyl sites for hydroxylation is 2. The smallest absolute Gasteiger partial charge is 0.253 e. The first-order chi connectivity index (χ1) is 18.2. The van der Waals surface area contributed by atoms with Crippen molar-refractivity contribution in [2.75, 3.05) is 28.2 Å². The second-order valence-electron chi connectivity index (χ2n) is 11.3. The van der Waals surface area contributed by atoms with Crippen molar-refractivity contribution in [3.8, 4) is 0 Å². The van der Waals surface area contributed by atoms with Crippen LogP contribution in [0.15, 0.2) is 43.0 Å². The van der Waals surface area contributed by atoms with E-state index in [1.165, 1.54) is 18.4 Å². The van der Waals surface area contributed by atoms with Crippen LogP contribution in [0.2, 0.25) is 0 Å². The minimum absolute atomic E-state index is 0.00746. The van der Waals surface area contributed by atoms with Crippen LogP contribution < -0.4 is 5.73 Å². The predicted molar refractivity (Wildman–Crippen MR) is 150 cm³/mol. The van der Waals surface area contributed by atoms with Gasteiger partial charge in [-0.25, -0.2) is 0 Å². The summed E-state index contributed by atoms with van der Waals surface area (Å²) in [5.74, 6) is 1.09. The fourth-order valence-electron chi connectivity index (χ4n) is 6.48. The molecule has 0 radical (unpaired) electrons. The molecular formula is C30H39N7O. The molecule has 0 bridgehead atoms. The van der Waals surface area contributed by atoms with Crippen molar-refractivity contribution in [2.24, 2.45) is 11.7 Å². The number of hydrogen-bond acceptors (Lipinski definition) is 6. The molecule has 2 aromatic carbocycles. The average Bonchev–Trinajstić information content (AvgIpc) is 3.63. The third-order valence-corrected chi connectivity index (χ3v) is 8.59. The van der Waals surface area contributed by atoms with Gasteiger partial charge in [-0.2, -0.15) is 5.21 Å². The van der Waals surface area contributed by atoms with Crippen LogP contribution in [0.4, 0.5) is 0 Å². The van der Waals surface area contributed by atoms with Gasteiger partial charge in [0.25, 0.3) is 5.91 Å². The van der Waals surface area contributed by atoms with Gasteiger partial charge < -0.3 is 15.5 Å². The van der Waals surface area contributed by atoms with Gasteiger partial charge in [0.15, 0.2) is 5.82 Å². The van der Waals surface area contributed by atoms with Crippen LogP contribution in [0.25, 0.3) is 5.70 Å². The number of nitrogens with zero attached hydrogens (tertiary/aromatic N) is 5. The van der Waals surface area contributed by atoms with E-state index >= 15 is 0 Å². The molecular weight excluding hydrogens is 474 g/mol. The van der Waals surface area contributed by atoms with Crippen LogP contribution in [-0.4, -0.2) is 70.6 Å². The molecule has 1 heterocycles. The Kier molecular flexibility index (Phi) is 7.09. The molecule has 8 heteroatoms. The van der Waals surface area contributed by atoms with Crippen LogP contribution in [0, 0.1) is 5.92 Å². The van der Waals surface area contributed by atoms with E-state index in [-0.39, 0.29) is 11.9 Å². The summed E-state index contributed by atoms with van der Waals surface area (Å²) < 4.78 is 0. The minimum atomic E-state index is -0.687. The Labute approximate surface area is 225 Å². The monoisotopic (exact) mass is 513 g/mol. The highest BCUT2D eigenvalue weighted by molar-refractivity contribution is 5.94. The van der Waals surface area contributed by atoms with Gasteiger partial charge in [-0.3, -0.25) is 4.79 Å². The number of tetrazole rings is 1. The second kappa shape index (κ2) is 10.3. The molecule has 2 aliphatic rings. The van der Waals surface area contributed by atoms with E-state index in [4.69, 9.17) is 5.73 Å². The Bertz CT molecular complexity index is 1250. The second-order valence-corrected chi connectivity index (χ2v) is 11.3. The maximum absolute atomic E-state index is 12.9. The summed E-state index contributed by atoms with van der Waals surface area (Å²) in [5, 5.41) is 15.9. The number of aromatic nitrogens is 4. The molecule has 0 aliphatic heterocycles. The first-order valence-electron chi connectivity index (χ1n) is 13.6. The van der Waals surface area contributed by atoms with Crippen molar-refractivity contribution < 1.29 is 4.79 Å². The lowest BCUT2D eigenvalue weighted by atomic mass is 9.66. The molecule has 2 aliphatic carbocycles. The summed E-state index contributed by atoms with van der Waals surface area (Å²) in [4.78, 5) is 16.6. The highest BCUT2D eigenvalue weighted by Gasteiger charge is 2.46. The summed E-state index contributed by atoms with van der Waals surface area (Å²) >= 11 is 0. The average molecular weight is 514 g/mol. The summed E-state index contributed by atoms with van der Waals surface area (Å²) in [6.07, 6.45) is 7.07. The van der Waals surface area contributed by atoms with Gasteiger partial charge in [0.1, 0.15) is 0 Å². The van der Waals surface area contributed by atoms with E-state index in [0.717, 1.165) is 53.6 Å². The Hall–Kier alpha value is -3.52. The Morgan fingerprint density at radius 3 is 2.18 bits per heavy atom. The zero-order valence-electron chi connectivity index (χ0n) is 23.0. The SMILES string of the molecule is C=C(c1ccc2c(c1)CCc1cc(C(=O)N(C)C)ccc1C2(C[C@H](N)C1CCCC1)c1nn[nH]n1)N(C)C. The number of carbonyl (C=O) groups excluding carboxylic acids is 1. The van der Waals surface area contributed by atoms with Crippen molar-refractivity contribution in [1.82, 2.24) is 30.4 Å². The number of fused-ring (bicyclic) bond motifs is 2. The summed E-state index contributed by atoms with van der Waals surface area (Å²) in [5.41, 5.74) is 13.7. The first kappa shape index (κ1) is 26.1. The number of H-pyrrole nitrogens is 1. The lowest BCUT2D eigenvalue weighted by molar-refractivity contribution is 0.0827. The summed E-state index contributed by atoms with van der Waals surface area (Å²) in [6.45, 7) is 4.29. The van der Waals surface area contributed by atoms with E-state index in [9.17, 15) is 4.79 Å². The van der Waals surface area contributed by atoms with E-state index in [1.807, 2.05) is 25.1 Å². The van der Waals surface area contributed by atoms with Crippen molar-refractivity contribution >= 4 is 11.6 Å². The molecule has 1 amide bonds. The van der Waals surface area contributed by atoms with E-state index in [2.05, 4.69) is 57.5 Å². The summed E-state index contributed by atoms with van der Waals surface area (Å²) in [7, 11) is 7.59. The zero-order chi connectivity index (χ0) is 27.0. The Morgan fingerprint density at radius 1 is 1.03 bits per heavy atom. The fraction of sp³-hybridized carbons (Fsp3) is 0.467. The van der Waals surface area contributed by atoms with Crippen molar-refractivity contribution in [3.63, 3.8) is 0 Å². The quantitative estimate of drug-likeness (QED) is 0.498. The number of aromatic amines is 1. The van der Waals surface area contributed by atoms with Crippen LogP contribution in [0.1, 0.15) is 76.1 Å². The molecule has 0 saturated heterocycles. The lowest BCUT2D eigenvalue weighted by Gasteiger charge is -2.37. The first-order valence-corrected chi connectivity index (χ1v) is 13.6. The third-order valence-electron chi connectivity index (χ3n) is 8.59. The van der Waals surface area contributed by atoms with Gasteiger partial charge in [-0.1, -0.05) is 42.8 Å². The van der Waals surface area contributed by atoms with Gasteiger partial charge in [0, 0.05) is 45.5 Å². The molecule has 8 nitrogen and oxygen atoms in total. The lowest BCUT2D eigenvalue weighted by Crippen LogP contribution is -2.42. The van der Waals surface area contributed by atoms with E-state index < -0.39 is 5.41 Å². The number of rotatable bonds is 7. The maximum Gasteiger partial charge on any atom is 0.253 e. The molecule has 1 aromatic heterocycles. The number of benzene rings is 2. The van der Waals surface area contributed by atoms with Gasteiger partial charge in [-0.05, 0) is 84.0 Å². The molecule has 5 rings (SSSR count). The van der Waals surface area contributed by atoms with Gasteiger partial charge in [0.2, 0.25) is 0 Å². The molecule has 0 spiro atoms. The van der Waals surface area contributed by atoms with Gasteiger partial charge in [-0.15, -0.1) is 10.2 Å². The normalized spacial score (nSPS) is 19.8. The molecule has 1 fully saturated rings. The molecule has 3 N–H and O–H groups in total. The number of nitrogens with one attached hydrogen (secondary N) is 1. The highest BCUT2D eigenvalue weighted by atomic mass is 16.2. The molecule has 3 aromatic rings. The number of amides is 1. The van der Waals surface area contributed by atoms with Gasteiger partial charge >= 0.3 is 0 Å². The molecule has 38 heavy (non-hydrogen) atoms. The number of hydrogen-bond donors (Lipinski definition) is 2. The van der Waals surface area contributed by atoms with E-state index in [1.54, 1.807) is 19.0 Å².